The van der Waals surface area contributed by atoms with Crippen LogP contribution in [0.15, 0.2) is 22.6 Å². The van der Waals surface area contributed by atoms with Gasteiger partial charge in [-0.15, -0.1) is 0 Å². The zero-order valence-electron chi connectivity index (χ0n) is 14.2. The fraction of sp³-hybridized carbons (Fsp3) is 0.556. The van der Waals surface area contributed by atoms with Gasteiger partial charge in [0.1, 0.15) is 5.52 Å². The van der Waals surface area contributed by atoms with Crippen molar-refractivity contribution < 1.29 is 13.9 Å². The average Bonchev–Trinajstić information content (AvgIpc) is 2.79. The van der Waals surface area contributed by atoms with E-state index in [1.807, 2.05) is 30.0 Å². The van der Waals surface area contributed by atoms with E-state index in [4.69, 9.17) is 9.15 Å². The van der Waals surface area contributed by atoms with Crippen LogP contribution in [0, 0.1) is 12.8 Å². The minimum absolute atomic E-state index is 0.0253. The van der Waals surface area contributed by atoms with Gasteiger partial charge >= 0.3 is 0 Å². The molecule has 2 bridgehead atoms. The van der Waals surface area contributed by atoms with Gasteiger partial charge in [0.25, 0.3) is 6.01 Å². The Morgan fingerprint density at radius 3 is 3.04 bits per heavy atom. The van der Waals surface area contributed by atoms with Crippen molar-refractivity contribution in [1.29, 1.82) is 0 Å². The summed E-state index contributed by atoms with van der Waals surface area (Å²) in [7, 11) is 1.67. The molecule has 6 heteroatoms. The molecule has 128 valence electrons. The molecule has 4 heterocycles. The van der Waals surface area contributed by atoms with Crippen molar-refractivity contribution >= 4 is 23.0 Å². The largest absolute Gasteiger partial charge is 0.423 e. The van der Waals surface area contributed by atoms with Crippen molar-refractivity contribution in [2.45, 2.75) is 25.8 Å². The summed E-state index contributed by atoms with van der Waals surface area (Å²) in [5.41, 5.74) is 2.85. The van der Waals surface area contributed by atoms with Crippen LogP contribution >= 0.6 is 0 Å². The molecule has 3 saturated heterocycles. The van der Waals surface area contributed by atoms with Crippen molar-refractivity contribution in [3.8, 4) is 0 Å². The van der Waals surface area contributed by atoms with Crippen LogP contribution < -0.4 is 4.90 Å². The Kier molecular flexibility index (Phi) is 3.92. The molecule has 3 aliphatic rings. The van der Waals surface area contributed by atoms with Crippen LogP contribution in [-0.4, -0.2) is 55.2 Å². The Morgan fingerprint density at radius 1 is 1.33 bits per heavy atom. The molecule has 6 nitrogen and oxygen atoms in total. The molecular formula is C18H23N3O3. The van der Waals surface area contributed by atoms with Crippen molar-refractivity contribution in [1.82, 2.24) is 9.88 Å². The molecule has 0 unspecified atom stereocenters. The molecule has 0 radical (unpaired) electrons. The maximum absolute atomic E-state index is 12.7. The molecule has 0 aliphatic carbocycles. The van der Waals surface area contributed by atoms with Gasteiger partial charge in [-0.25, -0.2) is 0 Å². The van der Waals surface area contributed by atoms with E-state index in [0.29, 0.717) is 25.7 Å². The number of oxazole rings is 1. The molecule has 1 aromatic carbocycles. The average molecular weight is 329 g/mol. The van der Waals surface area contributed by atoms with Crippen LogP contribution in [0.1, 0.15) is 18.4 Å². The van der Waals surface area contributed by atoms with E-state index in [-0.39, 0.29) is 17.9 Å². The Morgan fingerprint density at radius 2 is 2.21 bits per heavy atom. The SMILES string of the molecule is COCCN1C(=O)[C@H]2CC[C@@H]1CN(c1nc3cc(C)ccc3o1)C2. The summed E-state index contributed by atoms with van der Waals surface area (Å²) in [4.78, 5) is 21.5. The number of hydrogen-bond donors (Lipinski definition) is 0. The minimum atomic E-state index is 0.0253. The molecule has 3 aliphatic heterocycles. The highest BCUT2D eigenvalue weighted by atomic mass is 16.5. The zero-order chi connectivity index (χ0) is 16.7. The topological polar surface area (TPSA) is 58.8 Å². The van der Waals surface area contributed by atoms with Gasteiger partial charge in [-0.05, 0) is 37.5 Å². The monoisotopic (exact) mass is 329 g/mol. The van der Waals surface area contributed by atoms with Crippen molar-refractivity contribution in [2.75, 3.05) is 38.3 Å². The maximum Gasteiger partial charge on any atom is 0.298 e. The third-order valence-electron chi connectivity index (χ3n) is 5.13. The van der Waals surface area contributed by atoms with Crippen LogP contribution in [0.3, 0.4) is 0 Å². The number of aromatic nitrogens is 1. The van der Waals surface area contributed by atoms with Crippen molar-refractivity contribution in [2.24, 2.45) is 5.92 Å². The quantitative estimate of drug-likeness (QED) is 0.861. The Hall–Kier alpha value is -2.08. The summed E-state index contributed by atoms with van der Waals surface area (Å²) in [5.74, 6) is 0.273. The van der Waals surface area contributed by atoms with E-state index in [2.05, 4.69) is 9.88 Å². The van der Waals surface area contributed by atoms with E-state index < -0.39 is 0 Å². The molecule has 0 N–H and O–H groups in total. The van der Waals surface area contributed by atoms with Crippen LogP contribution in [-0.2, 0) is 9.53 Å². The predicted molar refractivity (Wildman–Crippen MR) is 91.1 cm³/mol. The van der Waals surface area contributed by atoms with Gasteiger partial charge in [0.15, 0.2) is 5.58 Å². The number of rotatable bonds is 4. The number of fused-ring (bicyclic) bond motifs is 5. The summed E-state index contributed by atoms with van der Waals surface area (Å²) in [5, 5.41) is 0. The minimum Gasteiger partial charge on any atom is -0.423 e. The first kappa shape index (κ1) is 15.4. The number of ether oxygens (including phenoxy) is 1. The highest BCUT2D eigenvalue weighted by molar-refractivity contribution is 5.81. The van der Waals surface area contributed by atoms with Gasteiger partial charge < -0.3 is 19.0 Å². The van der Waals surface area contributed by atoms with Crippen LogP contribution in [0.25, 0.3) is 11.1 Å². The first-order valence-corrected chi connectivity index (χ1v) is 8.57. The van der Waals surface area contributed by atoms with Gasteiger partial charge in [0.05, 0.1) is 12.5 Å². The molecule has 3 fully saturated rings. The second-order valence-electron chi connectivity index (χ2n) is 6.83. The number of amides is 1. The Bertz CT molecular complexity index is 757. The van der Waals surface area contributed by atoms with Crippen LogP contribution in [0.4, 0.5) is 6.01 Å². The third kappa shape index (κ3) is 2.65. The van der Waals surface area contributed by atoms with Crippen LogP contribution in [0.2, 0.25) is 0 Å². The summed E-state index contributed by atoms with van der Waals surface area (Å²) in [6.45, 7) is 4.75. The normalized spacial score (nSPS) is 24.0. The molecule has 5 rings (SSSR count). The van der Waals surface area contributed by atoms with Crippen LogP contribution in [0.5, 0.6) is 0 Å². The number of piperidine rings is 1. The standard InChI is InChI=1S/C18H23N3O3/c1-12-3-6-16-15(9-12)19-18(24-16)20-10-13-4-5-14(11-20)21(17(13)22)7-8-23-2/h3,6,9,13-14H,4-5,7-8,10-11H2,1-2H3/t13-,14+/m0/s1. The smallest absolute Gasteiger partial charge is 0.298 e. The number of aryl methyl sites for hydroxylation is 1. The first-order valence-electron chi connectivity index (χ1n) is 8.57. The van der Waals surface area contributed by atoms with Gasteiger partial charge in [-0.2, -0.15) is 4.98 Å². The third-order valence-corrected chi connectivity index (χ3v) is 5.13. The highest BCUT2D eigenvalue weighted by Crippen LogP contribution is 2.32. The number of methoxy groups -OCH3 is 1. The van der Waals surface area contributed by atoms with E-state index >= 15 is 0 Å². The second kappa shape index (κ2) is 6.09. The van der Waals surface area contributed by atoms with Gasteiger partial charge in [-0.3, -0.25) is 4.79 Å². The molecule has 1 amide bonds. The summed E-state index contributed by atoms with van der Waals surface area (Å²) in [6.07, 6.45) is 1.98. The Labute approximate surface area is 141 Å². The van der Waals surface area contributed by atoms with Gasteiger partial charge in [0, 0.05) is 32.8 Å². The fourth-order valence-corrected chi connectivity index (χ4v) is 3.84. The van der Waals surface area contributed by atoms with E-state index in [9.17, 15) is 4.79 Å². The lowest BCUT2D eigenvalue weighted by Gasteiger charge is -2.35. The molecule has 1 aromatic heterocycles. The molecule has 0 saturated carbocycles. The lowest BCUT2D eigenvalue weighted by Crippen LogP contribution is -2.49. The summed E-state index contributed by atoms with van der Waals surface area (Å²) in [6, 6.07) is 6.87. The van der Waals surface area contributed by atoms with Gasteiger partial charge in [-0.1, -0.05) is 6.07 Å². The molecule has 2 atom stereocenters. The molecule has 24 heavy (non-hydrogen) atoms. The van der Waals surface area contributed by atoms with E-state index in [1.54, 1.807) is 7.11 Å². The van der Waals surface area contributed by atoms with E-state index in [0.717, 1.165) is 30.5 Å². The number of anilines is 1. The predicted octanol–water partition coefficient (Wildman–Crippen LogP) is 2.21. The van der Waals surface area contributed by atoms with Gasteiger partial charge in [0.2, 0.25) is 5.91 Å². The summed E-state index contributed by atoms with van der Waals surface area (Å²) < 4.78 is 11.1. The van der Waals surface area contributed by atoms with E-state index in [1.165, 1.54) is 5.56 Å². The number of nitrogens with zero attached hydrogens (tertiary/aromatic N) is 3. The molecule has 0 spiro atoms. The maximum atomic E-state index is 12.7. The number of benzene rings is 1. The Balaban J connectivity index is 1.61. The molecular weight excluding hydrogens is 306 g/mol. The zero-order valence-corrected chi connectivity index (χ0v) is 14.2. The fourth-order valence-electron chi connectivity index (χ4n) is 3.84. The number of carbonyl (C=O) groups is 1. The first-order chi connectivity index (χ1) is 11.7. The lowest BCUT2D eigenvalue weighted by atomic mass is 9.94. The lowest BCUT2D eigenvalue weighted by molar-refractivity contribution is -0.140. The number of carbonyl (C=O) groups excluding carboxylic acids is 1. The van der Waals surface area contributed by atoms with Crippen molar-refractivity contribution in [3.63, 3.8) is 0 Å². The highest BCUT2D eigenvalue weighted by Gasteiger charge is 2.41. The number of hydrogen-bond acceptors (Lipinski definition) is 5. The summed E-state index contributed by atoms with van der Waals surface area (Å²) >= 11 is 0. The van der Waals surface area contributed by atoms with Crippen molar-refractivity contribution in [3.05, 3.63) is 23.8 Å². The second-order valence-corrected chi connectivity index (χ2v) is 6.83. The molecule has 2 aromatic rings.